The molecule has 1 N–H and O–H groups in total. The second-order valence-corrected chi connectivity index (χ2v) is 3.17. The fourth-order valence-corrected chi connectivity index (χ4v) is 2.40. The van der Waals surface area contributed by atoms with E-state index in [2.05, 4.69) is 5.09 Å². The molecule has 1 heterocycles. The Morgan fingerprint density at radius 2 is 2.50 bits per heavy atom. The molecule has 2 rings (SSSR count). The summed E-state index contributed by atoms with van der Waals surface area (Å²) in [4.78, 5) is 0. The predicted molar refractivity (Wildman–Crippen MR) is 34.0 cm³/mol. The molecule has 8 heavy (non-hydrogen) atoms. The fourth-order valence-electron chi connectivity index (χ4n) is 1.42. The van der Waals surface area contributed by atoms with Gasteiger partial charge in [-0.2, -0.15) is 0 Å². The number of fused-ring (bicyclic) bond motifs is 1. The van der Waals surface area contributed by atoms with Crippen LogP contribution in [-0.4, -0.2) is 12.1 Å². The fraction of sp³-hybridized carbons (Fsp3) is 1.00. The Morgan fingerprint density at radius 3 is 3.38 bits per heavy atom. The van der Waals surface area contributed by atoms with Gasteiger partial charge in [-0.15, -0.1) is 0 Å². The van der Waals surface area contributed by atoms with Crippen molar-refractivity contribution in [2.75, 3.05) is 0 Å². The van der Waals surface area contributed by atoms with Gasteiger partial charge in [0.1, 0.15) is 0 Å². The van der Waals surface area contributed by atoms with Gasteiger partial charge in [0.25, 0.3) is 0 Å². The quantitative estimate of drug-likeness (QED) is 0.496. The van der Waals surface area contributed by atoms with E-state index in [1.54, 1.807) is 0 Å². The summed E-state index contributed by atoms with van der Waals surface area (Å²) in [5.74, 6) is 0. The standard InChI is InChI=1S/C5H10NOP/c1-2-4-5(3-1)7-8-6-4/h4-6,8H,1-3H2. The van der Waals surface area contributed by atoms with E-state index in [1.165, 1.54) is 19.3 Å². The number of nitrogens with one attached hydrogen (secondary N) is 1. The van der Waals surface area contributed by atoms with E-state index in [4.69, 9.17) is 4.52 Å². The van der Waals surface area contributed by atoms with Crippen molar-refractivity contribution in [2.24, 2.45) is 0 Å². The molecular formula is C5H10NOP. The molecule has 2 nitrogen and oxygen atoms in total. The van der Waals surface area contributed by atoms with Gasteiger partial charge >= 0.3 is 0 Å². The lowest BCUT2D eigenvalue weighted by Gasteiger charge is -2.02. The molecule has 46 valence electrons. The molecule has 1 saturated carbocycles. The number of hydrogen-bond donors (Lipinski definition) is 1. The first-order valence-corrected chi connectivity index (χ1v) is 4.04. The van der Waals surface area contributed by atoms with E-state index < -0.39 is 0 Å². The Bertz CT molecular complexity index is 78.4. The summed E-state index contributed by atoms with van der Waals surface area (Å²) >= 11 is 0. The van der Waals surface area contributed by atoms with E-state index in [1.807, 2.05) is 0 Å². The first-order valence-electron chi connectivity index (χ1n) is 3.13. The van der Waals surface area contributed by atoms with Gasteiger partial charge < -0.3 is 4.52 Å². The Labute approximate surface area is 50.9 Å². The smallest absolute Gasteiger partial charge is 0.0870 e. The summed E-state index contributed by atoms with van der Waals surface area (Å²) in [5, 5.41) is 3.32. The van der Waals surface area contributed by atoms with Crippen molar-refractivity contribution in [3.63, 3.8) is 0 Å². The molecule has 2 fully saturated rings. The average Bonchev–Trinajstić information content (AvgIpc) is 2.15. The van der Waals surface area contributed by atoms with Gasteiger partial charge in [0, 0.05) is 6.04 Å². The van der Waals surface area contributed by atoms with Crippen LogP contribution in [0.15, 0.2) is 0 Å². The molecule has 1 saturated heterocycles. The zero-order valence-electron chi connectivity index (χ0n) is 4.68. The highest BCUT2D eigenvalue weighted by molar-refractivity contribution is 7.30. The number of rotatable bonds is 0. The molecule has 0 aromatic rings. The molecule has 0 aromatic carbocycles. The molecule has 1 aliphatic carbocycles. The maximum Gasteiger partial charge on any atom is 0.0870 e. The van der Waals surface area contributed by atoms with Crippen LogP contribution in [0.3, 0.4) is 0 Å². The van der Waals surface area contributed by atoms with Gasteiger partial charge in [-0.25, -0.2) is 0 Å². The largest absolute Gasteiger partial charge is 0.342 e. The molecular weight excluding hydrogens is 121 g/mol. The van der Waals surface area contributed by atoms with Crippen molar-refractivity contribution in [3.05, 3.63) is 0 Å². The van der Waals surface area contributed by atoms with E-state index in [9.17, 15) is 0 Å². The lowest BCUT2D eigenvalue weighted by molar-refractivity contribution is 0.251. The van der Waals surface area contributed by atoms with Gasteiger partial charge in [-0.05, 0) is 19.3 Å². The molecule has 0 aromatic heterocycles. The van der Waals surface area contributed by atoms with Crippen LogP contribution in [0.5, 0.6) is 0 Å². The van der Waals surface area contributed by atoms with Gasteiger partial charge in [0.15, 0.2) is 0 Å². The summed E-state index contributed by atoms with van der Waals surface area (Å²) < 4.78 is 5.39. The van der Waals surface area contributed by atoms with Crippen LogP contribution in [0.1, 0.15) is 19.3 Å². The minimum absolute atomic E-state index is 0.577. The summed E-state index contributed by atoms with van der Waals surface area (Å²) in [6.45, 7) is 0. The SMILES string of the molecule is C1CC2NPOC2C1. The van der Waals surface area contributed by atoms with Crippen LogP contribution in [-0.2, 0) is 4.52 Å². The topological polar surface area (TPSA) is 21.3 Å². The van der Waals surface area contributed by atoms with Gasteiger partial charge in [-0.1, -0.05) is 0 Å². The van der Waals surface area contributed by atoms with Crippen LogP contribution in [0.2, 0.25) is 0 Å². The van der Waals surface area contributed by atoms with Gasteiger partial charge in [0.05, 0.1) is 15.1 Å². The lowest BCUT2D eigenvalue weighted by Crippen LogP contribution is -2.22. The maximum absolute atomic E-state index is 5.39. The molecule has 0 radical (unpaired) electrons. The molecule has 0 spiro atoms. The van der Waals surface area contributed by atoms with Crippen molar-refractivity contribution in [1.82, 2.24) is 5.09 Å². The normalized spacial score (nSPS) is 48.0. The Kier molecular flexibility index (Phi) is 1.25. The lowest BCUT2D eigenvalue weighted by atomic mass is 10.2. The van der Waals surface area contributed by atoms with Crippen molar-refractivity contribution in [2.45, 2.75) is 31.4 Å². The van der Waals surface area contributed by atoms with Crippen LogP contribution in [0.4, 0.5) is 0 Å². The third kappa shape index (κ3) is 0.680. The maximum atomic E-state index is 5.39. The zero-order chi connectivity index (χ0) is 5.40. The zero-order valence-corrected chi connectivity index (χ0v) is 5.68. The second kappa shape index (κ2) is 1.94. The van der Waals surface area contributed by atoms with Crippen molar-refractivity contribution >= 4 is 8.96 Å². The van der Waals surface area contributed by atoms with Crippen LogP contribution in [0, 0.1) is 0 Å². The van der Waals surface area contributed by atoms with E-state index in [-0.39, 0.29) is 0 Å². The summed E-state index contributed by atoms with van der Waals surface area (Å²) in [5.41, 5.74) is 0. The van der Waals surface area contributed by atoms with Crippen LogP contribution in [0.25, 0.3) is 0 Å². The summed E-state index contributed by atoms with van der Waals surface area (Å²) in [6, 6.07) is 0.716. The van der Waals surface area contributed by atoms with E-state index in [0.717, 1.165) is 0 Å². The van der Waals surface area contributed by atoms with Gasteiger partial charge in [-0.3, -0.25) is 5.09 Å². The summed E-state index contributed by atoms with van der Waals surface area (Å²) in [7, 11) is 0.577. The highest BCUT2D eigenvalue weighted by Gasteiger charge is 2.32. The molecule has 3 heteroatoms. The van der Waals surface area contributed by atoms with Crippen molar-refractivity contribution < 1.29 is 4.52 Å². The molecule has 1 aliphatic heterocycles. The first kappa shape index (κ1) is 5.16. The van der Waals surface area contributed by atoms with E-state index >= 15 is 0 Å². The highest BCUT2D eigenvalue weighted by atomic mass is 31.1. The molecule has 3 unspecified atom stereocenters. The third-order valence-electron chi connectivity index (χ3n) is 1.91. The van der Waals surface area contributed by atoms with Crippen LogP contribution < -0.4 is 5.09 Å². The monoisotopic (exact) mass is 131 g/mol. The minimum Gasteiger partial charge on any atom is -0.342 e. The van der Waals surface area contributed by atoms with Gasteiger partial charge in [0.2, 0.25) is 0 Å². The molecule has 2 aliphatic rings. The van der Waals surface area contributed by atoms with Crippen molar-refractivity contribution in [1.29, 1.82) is 0 Å². The second-order valence-electron chi connectivity index (χ2n) is 2.44. The Hall–Kier alpha value is 0.350. The first-order chi connectivity index (χ1) is 3.97. The molecule has 0 bridgehead atoms. The van der Waals surface area contributed by atoms with Crippen molar-refractivity contribution in [3.8, 4) is 0 Å². The predicted octanol–water partition coefficient (Wildman–Crippen LogP) is 1.04. The highest BCUT2D eigenvalue weighted by Crippen LogP contribution is 2.34. The van der Waals surface area contributed by atoms with Crippen LogP contribution >= 0.6 is 8.96 Å². The Balaban J connectivity index is 2.04. The van der Waals surface area contributed by atoms with E-state index in [0.29, 0.717) is 21.1 Å². The summed E-state index contributed by atoms with van der Waals surface area (Å²) in [6.07, 6.45) is 4.54. The molecule has 0 amide bonds. The number of hydrogen-bond acceptors (Lipinski definition) is 2. The minimum atomic E-state index is 0.577. The molecule has 3 atom stereocenters. The Morgan fingerprint density at radius 1 is 1.50 bits per heavy atom. The average molecular weight is 131 g/mol. The third-order valence-corrected chi connectivity index (χ3v) is 2.82.